The molecule has 0 atom stereocenters. The number of rotatable bonds is 10. The van der Waals surface area contributed by atoms with Gasteiger partial charge >= 0.3 is 0 Å². The van der Waals surface area contributed by atoms with Crippen LogP contribution in [0.4, 0.5) is 0 Å². The fourth-order valence-corrected chi connectivity index (χ4v) is 4.07. The van der Waals surface area contributed by atoms with Gasteiger partial charge in [-0.1, -0.05) is 38.1 Å². The smallest absolute Gasteiger partial charge is 0.220 e. The Labute approximate surface area is 166 Å². The highest BCUT2D eigenvalue weighted by atomic mass is 32.1. The van der Waals surface area contributed by atoms with Gasteiger partial charge in [0.05, 0.1) is 0 Å². The van der Waals surface area contributed by atoms with Crippen LogP contribution >= 0.6 is 11.3 Å². The third-order valence-electron chi connectivity index (χ3n) is 4.80. The number of aryl methyl sites for hydroxylation is 2. The van der Waals surface area contributed by atoms with E-state index in [1.165, 1.54) is 5.56 Å². The molecule has 1 heterocycles. The highest BCUT2D eigenvalue weighted by Gasteiger charge is 2.14. The van der Waals surface area contributed by atoms with Crippen LogP contribution < -0.4 is 5.32 Å². The van der Waals surface area contributed by atoms with Gasteiger partial charge in [-0.25, -0.2) is 0 Å². The average molecular weight is 387 g/mol. The minimum atomic E-state index is -0.0782. The minimum absolute atomic E-state index is 0.0499. The summed E-state index contributed by atoms with van der Waals surface area (Å²) in [6, 6.07) is 10.1. The molecule has 0 spiro atoms. The van der Waals surface area contributed by atoms with Crippen LogP contribution in [0.3, 0.4) is 0 Å². The summed E-state index contributed by atoms with van der Waals surface area (Å²) in [7, 11) is 0. The number of nitrogens with one attached hydrogen (secondary N) is 1. The minimum Gasteiger partial charge on any atom is -0.352 e. The summed E-state index contributed by atoms with van der Waals surface area (Å²) in [5, 5.41) is 2.97. The normalized spacial score (nSPS) is 11.0. The molecule has 2 rings (SSSR count). The second-order valence-corrected chi connectivity index (χ2v) is 8.22. The Morgan fingerprint density at radius 3 is 2.30 bits per heavy atom. The first-order chi connectivity index (χ1) is 12.9. The van der Waals surface area contributed by atoms with Crippen LogP contribution in [0.15, 0.2) is 30.3 Å². The van der Waals surface area contributed by atoms with E-state index in [0.717, 1.165) is 40.5 Å². The maximum atomic E-state index is 12.3. The number of benzene rings is 1. The molecule has 0 unspecified atom stereocenters. The zero-order valence-corrected chi connectivity index (χ0v) is 17.6. The van der Waals surface area contributed by atoms with Crippen molar-refractivity contribution in [2.75, 3.05) is 13.1 Å². The first kappa shape index (κ1) is 21.3. The highest BCUT2D eigenvalue weighted by molar-refractivity contribution is 7.12. The largest absolute Gasteiger partial charge is 0.352 e. The van der Waals surface area contributed by atoms with Gasteiger partial charge in [0, 0.05) is 41.2 Å². The maximum absolute atomic E-state index is 12.3. The van der Waals surface area contributed by atoms with E-state index < -0.39 is 0 Å². The van der Waals surface area contributed by atoms with Crippen molar-refractivity contribution in [1.29, 1.82) is 0 Å². The van der Waals surface area contributed by atoms with Gasteiger partial charge in [-0.05, 0) is 44.1 Å². The summed E-state index contributed by atoms with van der Waals surface area (Å²) in [4.78, 5) is 29.0. The number of hydrogen-bond acceptors (Lipinski definition) is 4. The standard InChI is InChI=1S/C22H30N2O2S/c1-5-24(6-2)15-19-10-8-7-9-18(19)14-23-22(26)12-11-21(25)20-13-16(3)27-17(20)4/h7-10,13H,5-6,11-12,14-15H2,1-4H3,(H,23,26). The molecule has 1 aromatic carbocycles. The van der Waals surface area contributed by atoms with Crippen molar-refractivity contribution in [3.05, 3.63) is 56.8 Å². The van der Waals surface area contributed by atoms with Gasteiger partial charge < -0.3 is 5.32 Å². The van der Waals surface area contributed by atoms with Crippen LogP contribution in [-0.2, 0) is 17.9 Å². The van der Waals surface area contributed by atoms with Crippen molar-refractivity contribution in [3.63, 3.8) is 0 Å². The summed E-state index contributed by atoms with van der Waals surface area (Å²) < 4.78 is 0. The Morgan fingerprint density at radius 2 is 1.70 bits per heavy atom. The van der Waals surface area contributed by atoms with Gasteiger partial charge in [-0.3, -0.25) is 14.5 Å². The van der Waals surface area contributed by atoms with Crippen LogP contribution in [0.1, 0.15) is 57.9 Å². The molecule has 0 bridgehead atoms. The van der Waals surface area contributed by atoms with Crippen molar-refractivity contribution in [3.8, 4) is 0 Å². The van der Waals surface area contributed by atoms with E-state index in [1.807, 2.05) is 32.0 Å². The Morgan fingerprint density at radius 1 is 1.04 bits per heavy atom. The van der Waals surface area contributed by atoms with Crippen LogP contribution in [0, 0.1) is 13.8 Å². The molecular weight excluding hydrogens is 356 g/mol. The monoisotopic (exact) mass is 386 g/mol. The molecule has 0 aliphatic heterocycles. The quantitative estimate of drug-likeness (QED) is 0.612. The SMILES string of the molecule is CCN(CC)Cc1ccccc1CNC(=O)CCC(=O)c1cc(C)sc1C. The molecule has 0 fully saturated rings. The molecule has 1 aromatic heterocycles. The molecule has 5 heteroatoms. The molecule has 0 aliphatic rings. The highest BCUT2D eigenvalue weighted by Crippen LogP contribution is 2.22. The topological polar surface area (TPSA) is 49.4 Å². The summed E-state index contributed by atoms with van der Waals surface area (Å²) in [6.45, 7) is 11.6. The first-order valence-electron chi connectivity index (χ1n) is 9.60. The van der Waals surface area contributed by atoms with E-state index in [4.69, 9.17) is 0 Å². The van der Waals surface area contributed by atoms with Crippen molar-refractivity contribution in [1.82, 2.24) is 10.2 Å². The van der Waals surface area contributed by atoms with Crippen LogP contribution in [-0.4, -0.2) is 29.7 Å². The first-order valence-corrected chi connectivity index (χ1v) is 10.4. The van der Waals surface area contributed by atoms with Crippen molar-refractivity contribution < 1.29 is 9.59 Å². The third-order valence-corrected chi connectivity index (χ3v) is 5.77. The predicted molar refractivity (Wildman–Crippen MR) is 112 cm³/mol. The summed E-state index contributed by atoms with van der Waals surface area (Å²) >= 11 is 1.62. The summed E-state index contributed by atoms with van der Waals surface area (Å²) in [5.41, 5.74) is 3.13. The number of Topliss-reactive ketones (excluding diaryl/α,β-unsaturated/α-hetero) is 1. The van der Waals surface area contributed by atoms with Gasteiger partial charge in [0.1, 0.15) is 0 Å². The van der Waals surface area contributed by atoms with Crippen molar-refractivity contribution in [2.45, 2.75) is 53.6 Å². The number of ketones is 1. The van der Waals surface area contributed by atoms with Gasteiger partial charge in [-0.2, -0.15) is 0 Å². The fraction of sp³-hybridized carbons (Fsp3) is 0.455. The Kier molecular flexibility index (Phi) is 8.20. The summed E-state index contributed by atoms with van der Waals surface area (Å²) in [6.07, 6.45) is 0.481. The van der Waals surface area contributed by atoms with Gasteiger partial charge in [0.25, 0.3) is 0 Å². The number of nitrogens with zero attached hydrogens (tertiary/aromatic N) is 1. The molecule has 0 saturated carbocycles. The Bertz CT molecular complexity index is 778. The zero-order valence-electron chi connectivity index (χ0n) is 16.8. The number of amides is 1. The molecule has 146 valence electrons. The lowest BCUT2D eigenvalue weighted by Crippen LogP contribution is -2.26. The van der Waals surface area contributed by atoms with Crippen molar-refractivity contribution in [2.24, 2.45) is 0 Å². The van der Waals surface area contributed by atoms with E-state index in [0.29, 0.717) is 6.54 Å². The second kappa shape index (κ2) is 10.4. The lowest BCUT2D eigenvalue weighted by molar-refractivity contribution is -0.121. The maximum Gasteiger partial charge on any atom is 0.220 e. The molecule has 1 N–H and O–H groups in total. The molecule has 0 aliphatic carbocycles. The van der Waals surface area contributed by atoms with Crippen LogP contribution in [0.2, 0.25) is 0 Å². The van der Waals surface area contributed by atoms with Crippen molar-refractivity contribution >= 4 is 23.0 Å². The predicted octanol–water partition coefficient (Wildman–Crippen LogP) is 4.49. The van der Waals surface area contributed by atoms with E-state index in [9.17, 15) is 9.59 Å². The molecule has 2 aromatic rings. The zero-order chi connectivity index (χ0) is 19.8. The van der Waals surface area contributed by atoms with Gasteiger partial charge in [0.15, 0.2) is 5.78 Å². The third kappa shape index (κ3) is 6.29. The lowest BCUT2D eigenvalue weighted by atomic mass is 10.1. The van der Waals surface area contributed by atoms with E-state index in [-0.39, 0.29) is 24.5 Å². The molecular formula is C22H30N2O2S. The van der Waals surface area contributed by atoms with E-state index >= 15 is 0 Å². The summed E-state index contributed by atoms with van der Waals surface area (Å²) in [5.74, 6) is -0.0282. The molecule has 0 radical (unpaired) electrons. The van der Waals surface area contributed by atoms with Gasteiger partial charge in [0.2, 0.25) is 5.91 Å². The number of thiophene rings is 1. The number of hydrogen-bond donors (Lipinski definition) is 1. The molecule has 1 amide bonds. The number of carbonyl (C=O) groups excluding carboxylic acids is 2. The Hall–Kier alpha value is -1.98. The molecule has 0 saturated heterocycles. The molecule has 4 nitrogen and oxygen atoms in total. The van der Waals surface area contributed by atoms with Gasteiger partial charge in [-0.15, -0.1) is 11.3 Å². The van der Waals surface area contributed by atoms with Crippen LogP contribution in [0.25, 0.3) is 0 Å². The number of carbonyl (C=O) groups is 2. The van der Waals surface area contributed by atoms with Crippen LogP contribution in [0.5, 0.6) is 0 Å². The van der Waals surface area contributed by atoms with E-state index in [1.54, 1.807) is 11.3 Å². The fourth-order valence-electron chi connectivity index (χ4n) is 3.12. The Balaban J connectivity index is 1.87. The molecule has 27 heavy (non-hydrogen) atoms. The van der Waals surface area contributed by atoms with E-state index in [2.05, 4.69) is 36.2 Å². The lowest BCUT2D eigenvalue weighted by Gasteiger charge is -2.20. The average Bonchev–Trinajstić information content (AvgIpc) is 3.01. The second-order valence-electron chi connectivity index (χ2n) is 6.76.